The Morgan fingerprint density at radius 1 is 0.333 bits per heavy atom. The quantitative estimate of drug-likeness (QED) is 0.0459. The van der Waals surface area contributed by atoms with Crippen LogP contribution < -0.4 is 9.92 Å². The molecular weight excluding hydrogens is 1600 g/mol. The fourth-order valence-corrected chi connectivity index (χ4v) is 10.4. The molecule has 0 aromatic heterocycles. The molecule has 542 valence electrons. The molecule has 0 aliphatic carbocycles. The van der Waals surface area contributed by atoms with Gasteiger partial charge < -0.3 is 40.0 Å². The SMILES string of the molecule is CN=Cc1ccccc1O.C[Si](C)(C)N=Cc1ccccc1O.C[Si](C)(C)c1cccc(C=Nc2ccccc2)c1O.Cc1ccc(C=Nc2ccccc2)c(O)c1.Oc1c(C=Nc2ccccc2)cccc1Oc1ccccc1.Oc1c(Cl)cccc1C=Nc1ccccc1.[Co].[Co].[Co].[Co].[Co].[Co]. The fraction of sp³-hybridized carbons (Fsp3) is 0.100. The molecule has 22 heteroatoms. The van der Waals surface area contributed by atoms with Gasteiger partial charge in [-0.3, -0.25) is 25.0 Å². The summed E-state index contributed by atoms with van der Waals surface area (Å²) in [5.74, 6) is 2.42. The van der Waals surface area contributed by atoms with Crippen LogP contribution >= 0.6 is 11.6 Å². The molecule has 0 aliphatic heterocycles. The minimum atomic E-state index is -1.53. The maximum absolute atomic E-state index is 10.3. The largest absolute Gasteiger partial charge is 0.507 e. The molecule has 0 atom stereocenters. The molecule has 0 aliphatic rings. The summed E-state index contributed by atoms with van der Waals surface area (Å²) in [6.07, 6.45) is 10.0. The molecule has 11 rings (SSSR count). The topological polar surface area (TPSA) is 205 Å². The van der Waals surface area contributed by atoms with E-state index in [0.29, 0.717) is 39.1 Å². The van der Waals surface area contributed by atoms with Gasteiger partial charge in [-0.15, -0.1) is 0 Å². The zero-order chi connectivity index (χ0) is 69.1. The summed E-state index contributed by atoms with van der Waals surface area (Å²) in [5.41, 5.74) is 8.75. The third-order valence-corrected chi connectivity index (χ3v) is 16.5. The minimum absolute atomic E-state index is 0. The summed E-state index contributed by atoms with van der Waals surface area (Å²) in [5, 5.41) is 60.0. The van der Waals surface area contributed by atoms with Crippen LogP contribution in [0.5, 0.6) is 46.0 Å². The van der Waals surface area contributed by atoms with E-state index in [1.165, 1.54) is 0 Å². The normalized spacial score (nSPS) is 10.5. The minimum Gasteiger partial charge on any atom is -0.507 e. The zero-order valence-corrected chi connectivity index (χ0v) is 66.1. The first-order valence-corrected chi connectivity index (χ1v) is 38.0. The number of hydrogen-bond donors (Lipinski definition) is 6. The number of hydrogen-bond acceptors (Lipinski definition) is 13. The molecule has 0 fully saturated rings. The molecule has 11 aromatic rings. The van der Waals surface area contributed by atoms with Gasteiger partial charge >= 0.3 is 0 Å². The number of nitrogens with zero attached hydrogens (tertiary/aromatic N) is 6. The van der Waals surface area contributed by atoms with Crippen molar-refractivity contribution in [2.75, 3.05) is 7.05 Å². The maximum atomic E-state index is 10.3. The summed E-state index contributed by atoms with van der Waals surface area (Å²) in [7, 11) is -1.26. The Kier molecular flexibility index (Phi) is 46.2. The number of halogens is 1. The summed E-state index contributed by atoms with van der Waals surface area (Å²) in [4.78, 5) is 21.0. The van der Waals surface area contributed by atoms with Crippen LogP contribution in [0, 0.1) is 6.92 Å². The summed E-state index contributed by atoms with van der Waals surface area (Å²) in [6, 6.07) is 84.1. The Morgan fingerprint density at radius 3 is 1.08 bits per heavy atom. The Hall–Kier alpha value is -8.20. The Bertz CT molecular complexity index is 4370. The number of benzene rings is 11. The van der Waals surface area contributed by atoms with Crippen LogP contribution in [0.15, 0.2) is 303 Å². The van der Waals surface area contributed by atoms with E-state index in [0.717, 1.165) is 55.8 Å². The maximum Gasteiger partial charge on any atom is 0.172 e. The number of para-hydroxylation sites is 10. The van der Waals surface area contributed by atoms with Crippen LogP contribution in [0.2, 0.25) is 44.3 Å². The van der Waals surface area contributed by atoms with Gasteiger partial charge in [0.05, 0.1) is 35.8 Å². The van der Waals surface area contributed by atoms with Crippen molar-refractivity contribution in [3.63, 3.8) is 0 Å². The molecule has 6 radical (unpaired) electrons. The Balaban J connectivity index is 0.00000120. The van der Waals surface area contributed by atoms with Crippen LogP contribution in [0.4, 0.5) is 22.7 Å². The molecule has 0 heterocycles. The van der Waals surface area contributed by atoms with Gasteiger partial charge in [-0.2, -0.15) is 0 Å². The number of ether oxygens (including phenoxy) is 1. The Labute approximate surface area is 668 Å². The zero-order valence-electron chi connectivity index (χ0n) is 57.1. The van der Waals surface area contributed by atoms with Crippen LogP contribution in [0.3, 0.4) is 0 Å². The molecule has 11 aromatic carbocycles. The monoisotopic (exact) mass is 1680 g/mol. The van der Waals surface area contributed by atoms with Gasteiger partial charge in [-0.25, -0.2) is 0 Å². The number of phenolic OH excluding ortho intramolecular Hbond substituents is 6. The van der Waals surface area contributed by atoms with Crippen LogP contribution in [-0.4, -0.2) is 91.3 Å². The van der Waals surface area contributed by atoms with Gasteiger partial charge in [0.25, 0.3) is 0 Å². The summed E-state index contributed by atoms with van der Waals surface area (Å²) >= 11 is 5.78. The number of aryl methyl sites for hydroxylation is 1. The van der Waals surface area contributed by atoms with Crippen LogP contribution in [0.1, 0.15) is 38.9 Å². The van der Waals surface area contributed by atoms with Crippen LogP contribution in [-0.2, 0) is 101 Å². The average Bonchev–Trinajstić information content (AvgIpc) is 0.825. The predicted octanol–water partition coefficient (Wildman–Crippen LogP) is 19.9. The van der Waals surface area contributed by atoms with E-state index in [2.05, 4.69) is 68.9 Å². The molecular formula is C80H81ClCo6N6O7Si2. The predicted molar refractivity (Wildman–Crippen MR) is 407 cm³/mol. The molecule has 13 nitrogen and oxygen atoms in total. The summed E-state index contributed by atoms with van der Waals surface area (Å²) in [6.45, 7) is 15.1. The van der Waals surface area contributed by atoms with E-state index >= 15 is 0 Å². The molecule has 0 bridgehead atoms. The summed E-state index contributed by atoms with van der Waals surface area (Å²) < 4.78 is 10.1. The molecule has 102 heavy (non-hydrogen) atoms. The van der Waals surface area contributed by atoms with Crippen molar-refractivity contribution in [3.8, 4) is 46.0 Å². The molecule has 0 saturated heterocycles. The van der Waals surface area contributed by atoms with E-state index in [1.807, 2.05) is 219 Å². The van der Waals surface area contributed by atoms with E-state index < -0.39 is 16.3 Å². The van der Waals surface area contributed by atoms with Crippen molar-refractivity contribution in [3.05, 3.63) is 317 Å². The standard InChI is InChI=1S/C19H15NO2.C16H19NOSi.C14H13NO.C13H10ClNO.C10H15NOSi.C8H9NO.6Co/c21-19-15(14-20-16-9-3-1-4-10-16)8-7-13-18(19)22-17-11-5-2-6-12-17;1-19(2,3)15-11-7-8-13(16(15)18)12-17-14-9-5-4-6-10-14;1-11-7-8-12(14(16)9-11)10-15-13-5-3-2-4-6-13;14-12-8-4-5-10(13(12)16)9-15-11-6-2-1-3-7-11;1-13(2,3)11-8-9-6-4-5-7-10(9)12;1-9-6-7-4-2-3-5-8(7)10;;;;;;/h1-14,21H;4-12,18H,1-3H3;2-10,16H,1H3;1-9,16H;4-8,12H,1-3H3;2-6,10H,1H3;;;;;;. The molecule has 0 saturated carbocycles. The first-order valence-electron chi connectivity index (χ1n) is 30.7. The van der Waals surface area contributed by atoms with Gasteiger partial charge in [-0.05, 0) is 165 Å². The first kappa shape index (κ1) is 93.8. The second kappa shape index (κ2) is 50.2. The van der Waals surface area contributed by atoms with Crippen molar-refractivity contribution in [2.45, 2.75) is 46.2 Å². The molecule has 0 spiro atoms. The average molecular weight is 1680 g/mol. The van der Waals surface area contributed by atoms with Gasteiger partial charge in [0.1, 0.15) is 34.5 Å². The number of rotatable bonds is 14. The van der Waals surface area contributed by atoms with Gasteiger partial charge in [-0.1, -0.05) is 177 Å². The number of aliphatic imine (C=N–C) groups is 5. The molecule has 0 amide bonds. The molecule has 0 unspecified atom stereocenters. The van der Waals surface area contributed by atoms with Gasteiger partial charge in [0.2, 0.25) is 0 Å². The van der Waals surface area contributed by atoms with Gasteiger partial charge in [0.15, 0.2) is 19.7 Å². The first-order chi connectivity index (χ1) is 46.2. The number of aromatic hydroxyl groups is 6. The smallest absolute Gasteiger partial charge is 0.172 e. The van der Waals surface area contributed by atoms with E-state index in [4.69, 9.17) is 21.4 Å². The third-order valence-electron chi connectivity index (χ3n) is 13.2. The van der Waals surface area contributed by atoms with Crippen molar-refractivity contribution >= 4 is 93.1 Å². The second-order valence-corrected chi connectivity index (χ2v) is 33.2. The Morgan fingerprint density at radius 2 is 0.676 bits per heavy atom. The van der Waals surface area contributed by atoms with Crippen molar-refractivity contribution < 1.29 is 136 Å². The van der Waals surface area contributed by atoms with E-state index in [9.17, 15) is 25.5 Å². The van der Waals surface area contributed by atoms with Crippen LogP contribution in [0.25, 0.3) is 0 Å². The van der Waals surface area contributed by atoms with Crippen molar-refractivity contribution in [1.29, 1.82) is 0 Å². The second-order valence-electron chi connectivity index (χ2n) is 23.2. The van der Waals surface area contributed by atoms with Crippen molar-refractivity contribution in [2.24, 2.45) is 29.6 Å². The third kappa shape index (κ3) is 34.6. The number of phenols is 6. The van der Waals surface area contributed by atoms with E-state index in [-0.39, 0.29) is 124 Å². The van der Waals surface area contributed by atoms with Gasteiger partial charge in [0, 0.05) is 178 Å². The van der Waals surface area contributed by atoms with Crippen molar-refractivity contribution in [1.82, 2.24) is 0 Å². The fourth-order valence-electron chi connectivity index (χ4n) is 8.24. The molecule has 6 N–H and O–H groups in total. The van der Waals surface area contributed by atoms with E-state index in [1.54, 1.807) is 105 Å².